The molecule has 0 saturated carbocycles. The van der Waals surface area contributed by atoms with Gasteiger partial charge < -0.3 is 34.8 Å². The Kier molecular flexibility index (Phi) is 12.1. The van der Waals surface area contributed by atoms with Gasteiger partial charge in [0.2, 0.25) is 0 Å². The lowest BCUT2D eigenvalue weighted by atomic mass is 10.2. The van der Waals surface area contributed by atoms with Gasteiger partial charge in [-0.25, -0.2) is 19.5 Å². The predicted octanol–water partition coefficient (Wildman–Crippen LogP) is 5.52. The van der Waals surface area contributed by atoms with Crippen LogP contribution in [0.1, 0.15) is 30.6 Å². The molecule has 4 N–H and O–H groups in total. The number of phosphoric acid groups is 1. The third-order valence-electron chi connectivity index (χ3n) is 6.44. The Balaban J connectivity index is 1.38. The Hall–Kier alpha value is -3.84. The van der Waals surface area contributed by atoms with Gasteiger partial charge in [0.15, 0.2) is 11.5 Å². The van der Waals surface area contributed by atoms with Crippen molar-refractivity contribution in [2.24, 2.45) is 5.92 Å². The second-order valence-corrected chi connectivity index (χ2v) is 12.2. The van der Waals surface area contributed by atoms with Crippen molar-refractivity contribution in [3.05, 3.63) is 71.6 Å². The molecule has 4 aromatic rings. The van der Waals surface area contributed by atoms with Crippen LogP contribution in [0.2, 0.25) is 5.02 Å². The van der Waals surface area contributed by atoms with Crippen molar-refractivity contribution in [1.29, 1.82) is 0 Å². The number of amides is 1. The smallest absolute Gasteiger partial charge is 0.469 e. The average molecular weight is 659 g/mol. The monoisotopic (exact) mass is 658 g/mol. The van der Waals surface area contributed by atoms with E-state index in [2.05, 4.69) is 48.9 Å². The summed E-state index contributed by atoms with van der Waals surface area (Å²) in [6.07, 6.45) is 3.69. The maximum absolute atomic E-state index is 12.5. The highest BCUT2D eigenvalue weighted by molar-refractivity contribution is 7.46. The number of pyridine rings is 1. The fraction of sp³-hybridized carbons (Fsp3) is 0.333. The largest absolute Gasteiger partial charge is 0.493 e. The highest BCUT2D eigenvalue weighted by Crippen LogP contribution is 2.36. The molecule has 0 saturated heterocycles. The number of phosphoric ester groups is 1. The molecule has 2 aromatic carbocycles. The minimum atomic E-state index is -4.50. The van der Waals surface area contributed by atoms with Gasteiger partial charge in [-0.1, -0.05) is 31.5 Å². The van der Waals surface area contributed by atoms with E-state index in [9.17, 15) is 9.36 Å². The van der Waals surface area contributed by atoms with Crippen molar-refractivity contribution in [1.82, 2.24) is 19.9 Å². The summed E-state index contributed by atoms with van der Waals surface area (Å²) in [6.45, 7) is 6.29. The summed E-state index contributed by atoms with van der Waals surface area (Å²) in [5, 5.41) is 7.16. The van der Waals surface area contributed by atoms with E-state index in [0.29, 0.717) is 82.3 Å². The number of aromatic nitrogens is 3. The van der Waals surface area contributed by atoms with Crippen molar-refractivity contribution in [2.75, 3.05) is 50.6 Å². The Morgan fingerprint density at radius 3 is 2.56 bits per heavy atom. The van der Waals surface area contributed by atoms with Gasteiger partial charge in [0.25, 0.3) is 5.91 Å². The van der Waals surface area contributed by atoms with E-state index >= 15 is 0 Å². The summed E-state index contributed by atoms with van der Waals surface area (Å²) < 4.78 is 27.3. The second kappa shape index (κ2) is 15.9. The quantitative estimate of drug-likeness (QED) is 0.0880. The standard InChI is InChI=1S/C30H36ClN6O7P/c1-20(2)18-37(11-13-44-45(39,40)41)10-5-12-43-27-16-25-24(15-26(27)42-3)29(34-19-33-25)35-23-8-9-28(32-17-23)36-30(38)21-6-4-7-22(31)14-21/h4,6-9,14-17,19-20H,5,10-13,18H2,1-3H3,(H,32,36,38)(H,33,34,35)(H2,39,40,41). The minimum Gasteiger partial charge on any atom is -0.493 e. The van der Waals surface area contributed by atoms with E-state index in [1.807, 2.05) is 0 Å². The number of nitrogens with one attached hydrogen (secondary N) is 2. The summed E-state index contributed by atoms with van der Waals surface area (Å²) in [7, 11) is -2.95. The summed E-state index contributed by atoms with van der Waals surface area (Å²) in [5.74, 6) is 1.99. The van der Waals surface area contributed by atoms with E-state index in [-0.39, 0.29) is 12.5 Å². The molecule has 2 heterocycles. The lowest BCUT2D eigenvalue weighted by Gasteiger charge is -2.24. The molecule has 0 fully saturated rings. The average Bonchev–Trinajstić information content (AvgIpc) is 2.99. The number of methoxy groups -OCH3 is 1. The molecular formula is C30H36ClN6O7P. The van der Waals surface area contributed by atoms with Crippen LogP contribution in [0.25, 0.3) is 10.9 Å². The fourth-order valence-corrected chi connectivity index (χ4v) is 5.01. The summed E-state index contributed by atoms with van der Waals surface area (Å²) >= 11 is 5.98. The number of nitrogens with zero attached hydrogens (tertiary/aromatic N) is 4. The normalized spacial score (nSPS) is 11.6. The number of halogens is 1. The third kappa shape index (κ3) is 10.6. The molecule has 240 valence electrons. The van der Waals surface area contributed by atoms with Gasteiger partial charge >= 0.3 is 7.82 Å². The third-order valence-corrected chi connectivity index (χ3v) is 7.20. The Bertz CT molecular complexity index is 1640. The van der Waals surface area contributed by atoms with E-state index in [4.69, 9.17) is 30.9 Å². The lowest BCUT2D eigenvalue weighted by molar-refractivity contribution is 0.102. The zero-order valence-electron chi connectivity index (χ0n) is 25.1. The predicted molar refractivity (Wildman–Crippen MR) is 172 cm³/mol. The zero-order chi connectivity index (χ0) is 32.4. The van der Waals surface area contributed by atoms with Crippen molar-refractivity contribution < 1.29 is 33.1 Å². The van der Waals surface area contributed by atoms with E-state index in [1.54, 1.807) is 61.8 Å². The van der Waals surface area contributed by atoms with Crippen LogP contribution in [0.15, 0.2) is 61.1 Å². The van der Waals surface area contributed by atoms with Gasteiger partial charge in [0, 0.05) is 41.7 Å². The van der Waals surface area contributed by atoms with Gasteiger partial charge in [-0.05, 0) is 48.7 Å². The molecule has 0 radical (unpaired) electrons. The van der Waals surface area contributed by atoms with Crippen LogP contribution in [0.4, 0.5) is 17.3 Å². The van der Waals surface area contributed by atoms with Gasteiger partial charge in [0.1, 0.15) is 18.0 Å². The molecule has 0 spiro atoms. The number of rotatable bonds is 16. The second-order valence-electron chi connectivity index (χ2n) is 10.5. The highest BCUT2D eigenvalue weighted by atomic mass is 35.5. The first kappa shape index (κ1) is 34.0. The molecule has 1 amide bonds. The molecule has 0 aliphatic carbocycles. The topological polar surface area (TPSA) is 168 Å². The van der Waals surface area contributed by atoms with Crippen LogP contribution in [0.3, 0.4) is 0 Å². The SMILES string of the molecule is COc1cc2c(Nc3ccc(NC(=O)c4cccc(Cl)c4)nc3)ncnc2cc1OCCCN(CCOP(=O)(O)O)CC(C)C. The molecular weight excluding hydrogens is 623 g/mol. The van der Waals surface area contributed by atoms with Crippen molar-refractivity contribution in [3.8, 4) is 11.5 Å². The van der Waals surface area contributed by atoms with Crippen LogP contribution < -0.4 is 20.1 Å². The maximum atomic E-state index is 12.5. The Morgan fingerprint density at radius 1 is 1.04 bits per heavy atom. The molecule has 0 aliphatic heterocycles. The Labute approximate surface area is 266 Å². The van der Waals surface area contributed by atoms with Crippen molar-refractivity contribution >= 4 is 53.6 Å². The van der Waals surface area contributed by atoms with Crippen LogP contribution in [0.5, 0.6) is 11.5 Å². The van der Waals surface area contributed by atoms with Crippen LogP contribution in [0, 0.1) is 5.92 Å². The number of ether oxygens (including phenoxy) is 2. The molecule has 0 unspecified atom stereocenters. The number of benzene rings is 2. The molecule has 0 aliphatic rings. The first-order valence-corrected chi connectivity index (χ1v) is 16.1. The Morgan fingerprint density at radius 2 is 1.87 bits per heavy atom. The van der Waals surface area contributed by atoms with E-state index < -0.39 is 7.82 Å². The van der Waals surface area contributed by atoms with Crippen LogP contribution >= 0.6 is 19.4 Å². The molecule has 15 heteroatoms. The van der Waals surface area contributed by atoms with E-state index in [1.165, 1.54) is 6.33 Å². The number of carbonyl (C=O) groups excluding carboxylic acids is 1. The van der Waals surface area contributed by atoms with Gasteiger partial charge in [0.05, 0.1) is 37.7 Å². The number of anilines is 3. The summed E-state index contributed by atoms with van der Waals surface area (Å²) in [4.78, 5) is 45.6. The van der Waals surface area contributed by atoms with Crippen molar-refractivity contribution in [2.45, 2.75) is 20.3 Å². The molecule has 45 heavy (non-hydrogen) atoms. The van der Waals surface area contributed by atoms with Gasteiger partial charge in [-0.15, -0.1) is 0 Å². The summed E-state index contributed by atoms with van der Waals surface area (Å²) in [5.41, 5.74) is 1.71. The molecule has 13 nitrogen and oxygen atoms in total. The van der Waals surface area contributed by atoms with Crippen LogP contribution in [-0.4, -0.2) is 75.5 Å². The molecule has 0 bridgehead atoms. The van der Waals surface area contributed by atoms with Gasteiger partial charge in [-0.2, -0.15) is 0 Å². The minimum absolute atomic E-state index is 0.0623. The maximum Gasteiger partial charge on any atom is 0.469 e. The highest BCUT2D eigenvalue weighted by Gasteiger charge is 2.16. The van der Waals surface area contributed by atoms with E-state index in [0.717, 1.165) is 6.54 Å². The number of hydrogen-bond donors (Lipinski definition) is 4. The molecule has 2 aromatic heterocycles. The molecule has 0 atom stereocenters. The van der Waals surface area contributed by atoms with Gasteiger partial charge in [-0.3, -0.25) is 9.32 Å². The molecule has 4 rings (SSSR count). The number of hydrogen-bond acceptors (Lipinski definition) is 10. The van der Waals surface area contributed by atoms with Crippen molar-refractivity contribution in [3.63, 3.8) is 0 Å². The zero-order valence-corrected chi connectivity index (χ0v) is 26.8. The first-order chi connectivity index (χ1) is 21.5. The fourth-order valence-electron chi connectivity index (χ4n) is 4.50. The number of fused-ring (bicyclic) bond motifs is 1. The number of carbonyl (C=O) groups is 1. The first-order valence-electron chi connectivity index (χ1n) is 14.2. The lowest BCUT2D eigenvalue weighted by Crippen LogP contribution is -2.32. The summed E-state index contributed by atoms with van der Waals surface area (Å²) in [6, 6.07) is 13.7. The van der Waals surface area contributed by atoms with Crippen LogP contribution in [-0.2, 0) is 9.09 Å².